The molecule has 0 bridgehead atoms. The van der Waals surface area contributed by atoms with Crippen LogP contribution in [0, 0.1) is 6.92 Å². The van der Waals surface area contributed by atoms with Crippen LogP contribution in [0.3, 0.4) is 0 Å². The topological polar surface area (TPSA) is 16.4 Å². The fourth-order valence-corrected chi connectivity index (χ4v) is 7.74. The third-order valence-corrected chi connectivity index (χ3v) is 10.2. The van der Waals surface area contributed by atoms with E-state index < -0.39 is 0 Å². The minimum Gasteiger partial charge on any atom is -0.456 e. The number of nitrogens with zero attached hydrogens (tertiary/aromatic N) is 1. The Hall–Kier alpha value is -5.86. The Morgan fingerprint density at radius 1 is 0.458 bits per heavy atom. The molecule has 0 aliphatic heterocycles. The van der Waals surface area contributed by atoms with Gasteiger partial charge in [0, 0.05) is 39.2 Å². The van der Waals surface area contributed by atoms with E-state index in [0.717, 1.165) is 39.0 Å². The summed E-state index contributed by atoms with van der Waals surface area (Å²) in [4.78, 5) is 2.42. The number of aryl methyl sites for hydroxylation is 1. The lowest BCUT2D eigenvalue weighted by molar-refractivity contribution is 0.660. The van der Waals surface area contributed by atoms with Gasteiger partial charge in [0.2, 0.25) is 0 Å². The molecule has 0 unspecified atom stereocenters. The second-order valence-electron chi connectivity index (χ2n) is 13.4. The van der Waals surface area contributed by atoms with Gasteiger partial charge in [-0.05, 0) is 93.9 Å². The van der Waals surface area contributed by atoms with Crippen molar-refractivity contribution in [2.75, 3.05) is 4.90 Å². The smallest absolute Gasteiger partial charge is 0.137 e. The summed E-state index contributed by atoms with van der Waals surface area (Å²) < 4.78 is 6.45. The van der Waals surface area contributed by atoms with E-state index in [1.807, 2.05) is 12.1 Å². The summed E-state index contributed by atoms with van der Waals surface area (Å²) in [5, 5.41) is 2.26. The molecule has 8 aromatic rings. The standard InChI is InChI=1S/C46H35NO/c1-30-13-7-8-16-35(30)40-27-32(31-14-5-4-6-15-31)21-26-43(40)47(34-23-25-39-38-18-10-12-20-44(38)48-45(39)29-34)33-22-24-37-36-17-9-11-19-41(36)46(2,3)42(37)28-33/h4-29H,1-3H3. The van der Waals surface area contributed by atoms with Crippen LogP contribution in [0.5, 0.6) is 0 Å². The fraction of sp³-hybridized carbons (Fsp3) is 0.0870. The number of furan rings is 1. The van der Waals surface area contributed by atoms with E-state index in [4.69, 9.17) is 4.42 Å². The van der Waals surface area contributed by atoms with E-state index in [9.17, 15) is 0 Å². The molecule has 0 saturated heterocycles. The zero-order valence-electron chi connectivity index (χ0n) is 27.4. The molecule has 1 aliphatic carbocycles. The Morgan fingerprint density at radius 2 is 1.12 bits per heavy atom. The first-order chi connectivity index (χ1) is 23.5. The van der Waals surface area contributed by atoms with Crippen LogP contribution in [0.4, 0.5) is 17.1 Å². The minimum absolute atomic E-state index is 0.119. The van der Waals surface area contributed by atoms with Gasteiger partial charge in [-0.3, -0.25) is 0 Å². The van der Waals surface area contributed by atoms with Crippen molar-refractivity contribution in [1.82, 2.24) is 0 Å². The first-order valence-corrected chi connectivity index (χ1v) is 16.7. The van der Waals surface area contributed by atoms with Gasteiger partial charge < -0.3 is 9.32 Å². The van der Waals surface area contributed by atoms with Crippen LogP contribution in [-0.2, 0) is 5.41 Å². The fourth-order valence-electron chi connectivity index (χ4n) is 7.74. The molecule has 0 radical (unpaired) electrons. The van der Waals surface area contributed by atoms with Crippen LogP contribution in [0.25, 0.3) is 55.3 Å². The summed E-state index contributed by atoms with van der Waals surface area (Å²) in [5.41, 5.74) is 16.3. The van der Waals surface area contributed by atoms with Crippen LogP contribution >= 0.6 is 0 Å². The molecule has 1 heterocycles. The zero-order chi connectivity index (χ0) is 32.4. The van der Waals surface area contributed by atoms with Crippen LogP contribution in [0.1, 0.15) is 30.5 Å². The number of hydrogen-bond acceptors (Lipinski definition) is 2. The normalized spacial score (nSPS) is 13.1. The van der Waals surface area contributed by atoms with Gasteiger partial charge in [-0.25, -0.2) is 0 Å². The summed E-state index contributed by atoms with van der Waals surface area (Å²) in [7, 11) is 0. The highest BCUT2D eigenvalue weighted by molar-refractivity contribution is 6.06. The Kier molecular flexibility index (Phi) is 6.42. The van der Waals surface area contributed by atoms with Crippen molar-refractivity contribution in [2.45, 2.75) is 26.2 Å². The molecule has 230 valence electrons. The van der Waals surface area contributed by atoms with Crippen molar-refractivity contribution in [3.63, 3.8) is 0 Å². The van der Waals surface area contributed by atoms with E-state index in [-0.39, 0.29) is 5.41 Å². The molecule has 2 heteroatoms. The molecule has 0 atom stereocenters. The third-order valence-electron chi connectivity index (χ3n) is 10.2. The van der Waals surface area contributed by atoms with Gasteiger partial charge in [0.05, 0.1) is 5.69 Å². The monoisotopic (exact) mass is 617 g/mol. The van der Waals surface area contributed by atoms with Gasteiger partial charge in [0.15, 0.2) is 0 Å². The number of fused-ring (bicyclic) bond motifs is 6. The molecular formula is C46H35NO. The molecule has 9 rings (SSSR count). The van der Waals surface area contributed by atoms with Crippen LogP contribution in [0.2, 0.25) is 0 Å². The SMILES string of the molecule is Cc1ccccc1-c1cc(-c2ccccc2)ccc1N(c1ccc2c(c1)C(C)(C)c1ccccc1-2)c1ccc2c(c1)oc1ccccc12. The first kappa shape index (κ1) is 28.4. The van der Waals surface area contributed by atoms with Gasteiger partial charge in [-0.1, -0.05) is 123 Å². The molecule has 0 spiro atoms. The Balaban J connectivity index is 1.31. The van der Waals surface area contributed by atoms with E-state index in [1.165, 1.54) is 50.1 Å². The van der Waals surface area contributed by atoms with E-state index in [2.05, 4.69) is 171 Å². The van der Waals surface area contributed by atoms with Crippen molar-refractivity contribution in [3.8, 4) is 33.4 Å². The van der Waals surface area contributed by atoms with E-state index in [0.29, 0.717) is 0 Å². The highest BCUT2D eigenvalue weighted by atomic mass is 16.3. The molecular weight excluding hydrogens is 583 g/mol. The summed E-state index contributed by atoms with van der Waals surface area (Å²) >= 11 is 0. The molecule has 48 heavy (non-hydrogen) atoms. The quantitative estimate of drug-likeness (QED) is 0.191. The van der Waals surface area contributed by atoms with Crippen molar-refractivity contribution in [1.29, 1.82) is 0 Å². The number of rotatable bonds is 5. The van der Waals surface area contributed by atoms with Crippen molar-refractivity contribution in [3.05, 3.63) is 174 Å². The van der Waals surface area contributed by atoms with Crippen LogP contribution < -0.4 is 4.90 Å². The van der Waals surface area contributed by atoms with Gasteiger partial charge in [-0.2, -0.15) is 0 Å². The summed E-state index contributed by atoms with van der Waals surface area (Å²) in [6.07, 6.45) is 0. The lowest BCUT2D eigenvalue weighted by Gasteiger charge is -2.30. The summed E-state index contributed by atoms with van der Waals surface area (Å²) in [6, 6.07) is 57.1. The molecule has 2 nitrogen and oxygen atoms in total. The number of para-hydroxylation sites is 1. The van der Waals surface area contributed by atoms with Gasteiger partial charge in [0.25, 0.3) is 0 Å². The average Bonchev–Trinajstić information content (AvgIpc) is 3.61. The number of hydrogen-bond donors (Lipinski definition) is 0. The Labute approximate surface area is 281 Å². The molecule has 1 aliphatic rings. The van der Waals surface area contributed by atoms with Gasteiger partial charge in [0.1, 0.15) is 11.2 Å². The van der Waals surface area contributed by atoms with E-state index >= 15 is 0 Å². The van der Waals surface area contributed by atoms with Crippen LogP contribution in [-0.4, -0.2) is 0 Å². The Bertz CT molecular complexity index is 2500. The van der Waals surface area contributed by atoms with Gasteiger partial charge in [-0.15, -0.1) is 0 Å². The lowest BCUT2D eigenvalue weighted by atomic mass is 9.82. The predicted molar refractivity (Wildman–Crippen MR) is 202 cm³/mol. The van der Waals surface area contributed by atoms with Gasteiger partial charge >= 0.3 is 0 Å². The third kappa shape index (κ3) is 4.41. The molecule has 0 fully saturated rings. The maximum atomic E-state index is 6.45. The van der Waals surface area contributed by atoms with Crippen molar-refractivity contribution >= 4 is 39.0 Å². The summed E-state index contributed by atoms with van der Waals surface area (Å²) in [6.45, 7) is 6.90. The zero-order valence-corrected chi connectivity index (χ0v) is 27.4. The highest BCUT2D eigenvalue weighted by Gasteiger charge is 2.36. The average molecular weight is 618 g/mol. The van der Waals surface area contributed by atoms with E-state index in [1.54, 1.807) is 0 Å². The molecule has 7 aromatic carbocycles. The summed E-state index contributed by atoms with van der Waals surface area (Å²) in [5.74, 6) is 0. The maximum Gasteiger partial charge on any atom is 0.137 e. The second kappa shape index (κ2) is 10.9. The number of anilines is 3. The first-order valence-electron chi connectivity index (χ1n) is 16.7. The number of benzene rings is 7. The predicted octanol–water partition coefficient (Wildman–Crippen LogP) is 13.0. The molecule has 0 saturated carbocycles. The Morgan fingerprint density at radius 3 is 1.98 bits per heavy atom. The minimum atomic E-state index is -0.119. The highest BCUT2D eigenvalue weighted by Crippen LogP contribution is 2.52. The molecule has 0 amide bonds. The second-order valence-corrected chi connectivity index (χ2v) is 13.4. The molecule has 1 aromatic heterocycles. The maximum absolute atomic E-state index is 6.45. The van der Waals surface area contributed by atoms with Crippen LogP contribution in [0.15, 0.2) is 162 Å². The molecule has 0 N–H and O–H groups in total. The van der Waals surface area contributed by atoms with Crippen molar-refractivity contribution in [2.24, 2.45) is 0 Å². The lowest BCUT2D eigenvalue weighted by Crippen LogP contribution is -2.17. The largest absolute Gasteiger partial charge is 0.456 e. The van der Waals surface area contributed by atoms with Crippen molar-refractivity contribution < 1.29 is 4.42 Å².